The first-order chi connectivity index (χ1) is 9.25. The molecule has 3 nitrogen and oxygen atoms in total. The third-order valence-electron chi connectivity index (χ3n) is 3.45. The molecule has 1 aliphatic heterocycles. The van der Waals surface area contributed by atoms with Gasteiger partial charge in [0.25, 0.3) is 0 Å². The largest absolute Gasteiger partial charge is 0.343 e. The van der Waals surface area contributed by atoms with Gasteiger partial charge in [-0.3, -0.25) is 4.79 Å². The fourth-order valence-electron chi connectivity index (χ4n) is 2.37. The first kappa shape index (κ1) is 14.4. The van der Waals surface area contributed by atoms with E-state index in [1.54, 1.807) is 0 Å². The molecule has 1 saturated heterocycles. The molecule has 1 N–H and O–H groups in total. The van der Waals surface area contributed by atoms with Gasteiger partial charge in [0.2, 0.25) is 5.91 Å². The van der Waals surface area contributed by atoms with Gasteiger partial charge in [0.15, 0.2) is 0 Å². The Bertz CT molecular complexity index is 416. The van der Waals surface area contributed by atoms with Gasteiger partial charge >= 0.3 is 0 Å². The van der Waals surface area contributed by atoms with E-state index in [-0.39, 0.29) is 5.91 Å². The van der Waals surface area contributed by atoms with Gasteiger partial charge in [-0.25, -0.2) is 0 Å². The highest BCUT2D eigenvalue weighted by Gasteiger charge is 2.16. The summed E-state index contributed by atoms with van der Waals surface area (Å²) in [5, 5.41) is 4.10. The Morgan fingerprint density at radius 3 is 2.79 bits per heavy atom. The molecule has 0 aromatic heterocycles. The lowest BCUT2D eigenvalue weighted by atomic mass is 10.1. The van der Waals surface area contributed by atoms with Crippen molar-refractivity contribution in [3.8, 4) is 0 Å². The van der Waals surface area contributed by atoms with Gasteiger partial charge in [-0.05, 0) is 43.5 Å². The van der Waals surface area contributed by atoms with Crippen molar-refractivity contribution in [3.63, 3.8) is 0 Å². The lowest BCUT2D eigenvalue weighted by molar-refractivity contribution is -0.130. The third-order valence-corrected chi connectivity index (χ3v) is 3.69. The summed E-state index contributed by atoms with van der Waals surface area (Å²) in [6.45, 7) is 3.53. The molecule has 2 rings (SSSR count). The topological polar surface area (TPSA) is 32.3 Å². The number of likely N-dealkylation sites (tertiary alicyclic amines) is 1. The minimum Gasteiger partial charge on any atom is -0.343 e. The van der Waals surface area contributed by atoms with Gasteiger partial charge < -0.3 is 10.2 Å². The number of carbonyl (C=O) groups is 1. The standard InChI is InChI=1S/C15H21ClN2O/c16-14-5-3-4-13(12-14)6-8-17-9-7-15(19)18-10-1-2-11-18/h3-5,12,17H,1-2,6-11H2. The quantitative estimate of drug-likeness (QED) is 0.812. The van der Waals surface area contributed by atoms with Crippen LogP contribution >= 0.6 is 11.6 Å². The van der Waals surface area contributed by atoms with E-state index >= 15 is 0 Å². The predicted octanol–water partition coefficient (Wildman–Crippen LogP) is 2.48. The molecule has 0 saturated carbocycles. The molecule has 0 radical (unpaired) electrons. The zero-order valence-electron chi connectivity index (χ0n) is 11.2. The van der Waals surface area contributed by atoms with Crippen LogP contribution in [0.4, 0.5) is 0 Å². The van der Waals surface area contributed by atoms with Crippen LogP contribution in [0, 0.1) is 0 Å². The zero-order chi connectivity index (χ0) is 13.5. The SMILES string of the molecule is O=C(CCNCCc1cccc(Cl)c1)N1CCCC1. The molecule has 1 aromatic rings. The predicted molar refractivity (Wildman–Crippen MR) is 78.5 cm³/mol. The van der Waals surface area contributed by atoms with Crippen molar-refractivity contribution in [2.75, 3.05) is 26.2 Å². The number of rotatable bonds is 6. The Kier molecular flexibility index (Phi) is 5.67. The van der Waals surface area contributed by atoms with Gasteiger partial charge in [0, 0.05) is 31.1 Å². The molecule has 0 unspecified atom stereocenters. The van der Waals surface area contributed by atoms with Crippen LogP contribution in [0.1, 0.15) is 24.8 Å². The van der Waals surface area contributed by atoms with E-state index in [1.165, 1.54) is 5.56 Å². The third kappa shape index (κ3) is 4.84. The van der Waals surface area contributed by atoms with Crippen LogP contribution in [0.2, 0.25) is 5.02 Å². The van der Waals surface area contributed by atoms with E-state index in [2.05, 4.69) is 11.4 Å². The normalized spacial score (nSPS) is 14.9. The minimum atomic E-state index is 0.285. The Balaban J connectivity index is 1.58. The van der Waals surface area contributed by atoms with Crippen LogP contribution in [-0.2, 0) is 11.2 Å². The number of hydrogen-bond donors (Lipinski definition) is 1. The molecule has 1 fully saturated rings. The number of nitrogens with zero attached hydrogens (tertiary/aromatic N) is 1. The van der Waals surface area contributed by atoms with E-state index in [0.29, 0.717) is 6.42 Å². The molecule has 19 heavy (non-hydrogen) atoms. The summed E-state index contributed by atoms with van der Waals surface area (Å²) in [5.41, 5.74) is 1.23. The second-order valence-corrected chi connectivity index (χ2v) is 5.40. The maximum absolute atomic E-state index is 11.8. The molecule has 1 heterocycles. The molecular formula is C15H21ClN2O. The first-order valence-corrected chi connectivity index (χ1v) is 7.36. The molecule has 0 spiro atoms. The highest BCUT2D eigenvalue weighted by atomic mass is 35.5. The number of nitrogens with one attached hydrogen (secondary N) is 1. The zero-order valence-corrected chi connectivity index (χ0v) is 12.0. The average molecular weight is 281 g/mol. The number of hydrogen-bond acceptors (Lipinski definition) is 2. The highest BCUT2D eigenvalue weighted by molar-refractivity contribution is 6.30. The fraction of sp³-hybridized carbons (Fsp3) is 0.533. The van der Waals surface area contributed by atoms with Crippen molar-refractivity contribution >= 4 is 17.5 Å². The fourth-order valence-corrected chi connectivity index (χ4v) is 2.58. The van der Waals surface area contributed by atoms with E-state index in [4.69, 9.17) is 11.6 Å². The average Bonchev–Trinajstić information content (AvgIpc) is 2.92. The molecule has 1 amide bonds. The number of halogens is 1. The van der Waals surface area contributed by atoms with Gasteiger partial charge in [-0.15, -0.1) is 0 Å². The molecule has 1 aromatic carbocycles. The van der Waals surface area contributed by atoms with Crippen LogP contribution in [-0.4, -0.2) is 37.0 Å². The molecule has 1 aliphatic rings. The molecular weight excluding hydrogens is 260 g/mol. The van der Waals surface area contributed by atoms with Gasteiger partial charge in [0.1, 0.15) is 0 Å². The molecule has 0 bridgehead atoms. The van der Waals surface area contributed by atoms with Crippen molar-refractivity contribution < 1.29 is 4.79 Å². The van der Waals surface area contributed by atoms with Crippen LogP contribution in [0.3, 0.4) is 0 Å². The van der Waals surface area contributed by atoms with Crippen molar-refractivity contribution in [2.45, 2.75) is 25.7 Å². The molecule has 104 valence electrons. The maximum atomic E-state index is 11.8. The van der Waals surface area contributed by atoms with E-state index in [0.717, 1.165) is 50.5 Å². The summed E-state index contributed by atoms with van der Waals surface area (Å²) in [7, 11) is 0. The summed E-state index contributed by atoms with van der Waals surface area (Å²) >= 11 is 5.93. The highest BCUT2D eigenvalue weighted by Crippen LogP contribution is 2.11. The van der Waals surface area contributed by atoms with Crippen LogP contribution in [0.15, 0.2) is 24.3 Å². The van der Waals surface area contributed by atoms with Crippen molar-refractivity contribution in [1.29, 1.82) is 0 Å². The van der Waals surface area contributed by atoms with Crippen molar-refractivity contribution in [3.05, 3.63) is 34.9 Å². The Morgan fingerprint density at radius 2 is 2.05 bits per heavy atom. The smallest absolute Gasteiger partial charge is 0.223 e. The van der Waals surface area contributed by atoms with Gasteiger partial charge in [-0.1, -0.05) is 23.7 Å². The van der Waals surface area contributed by atoms with Crippen LogP contribution < -0.4 is 5.32 Å². The first-order valence-electron chi connectivity index (χ1n) is 6.98. The van der Waals surface area contributed by atoms with Gasteiger partial charge in [-0.2, -0.15) is 0 Å². The number of benzene rings is 1. The summed E-state index contributed by atoms with van der Waals surface area (Å²) in [4.78, 5) is 13.8. The second-order valence-electron chi connectivity index (χ2n) is 4.97. The molecule has 0 aliphatic carbocycles. The van der Waals surface area contributed by atoms with E-state index in [9.17, 15) is 4.79 Å². The monoisotopic (exact) mass is 280 g/mol. The summed E-state index contributed by atoms with van der Waals surface area (Å²) in [6.07, 6.45) is 3.87. The van der Waals surface area contributed by atoms with Crippen LogP contribution in [0.5, 0.6) is 0 Å². The van der Waals surface area contributed by atoms with Crippen molar-refractivity contribution in [1.82, 2.24) is 10.2 Å². The summed E-state index contributed by atoms with van der Waals surface area (Å²) < 4.78 is 0. The Morgan fingerprint density at radius 1 is 1.26 bits per heavy atom. The molecule has 4 heteroatoms. The van der Waals surface area contributed by atoms with E-state index < -0.39 is 0 Å². The molecule has 0 atom stereocenters. The van der Waals surface area contributed by atoms with Crippen LogP contribution in [0.25, 0.3) is 0 Å². The van der Waals surface area contributed by atoms with E-state index in [1.807, 2.05) is 23.1 Å². The Labute approximate surface area is 119 Å². The lowest BCUT2D eigenvalue weighted by Gasteiger charge is -2.15. The summed E-state index contributed by atoms with van der Waals surface area (Å²) in [6, 6.07) is 7.91. The van der Waals surface area contributed by atoms with Crippen molar-refractivity contribution in [2.24, 2.45) is 0 Å². The number of carbonyl (C=O) groups excluding carboxylic acids is 1. The number of amides is 1. The lowest BCUT2D eigenvalue weighted by Crippen LogP contribution is -2.31. The summed E-state index contributed by atoms with van der Waals surface area (Å²) in [5.74, 6) is 0.285. The maximum Gasteiger partial charge on any atom is 0.223 e. The van der Waals surface area contributed by atoms with Gasteiger partial charge in [0.05, 0.1) is 0 Å². The second kappa shape index (κ2) is 7.51. The Hall–Kier alpha value is -1.06. The minimum absolute atomic E-state index is 0.285.